The van der Waals surface area contributed by atoms with E-state index in [1.165, 1.54) is 0 Å². The fourth-order valence-corrected chi connectivity index (χ4v) is 3.16. The molecule has 1 aliphatic rings. The van der Waals surface area contributed by atoms with Crippen molar-refractivity contribution in [2.45, 2.75) is 38.4 Å². The number of fused-ring (bicyclic) bond motifs is 1. The topological polar surface area (TPSA) is 51.4 Å². The lowest BCUT2D eigenvalue weighted by Crippen LogP contribution is -2.30. The fourth-order valence-electron chi connectivity index (χ4n) is 3.16. The third-order valence-corrected chi connectivity index (χ3v) is 4.25. The van der Waals surface area contributed by atoms with Gasteiger partial charge in [-0.15, -0.1) is 0 Å². The van der Waals surface area contributed by atoms with Crippen LogP contribution in [0.15, 0.2) is 22.7 Å². The van der Waals surface area contributed by atoms with Crippen molar-refractivity contribution in [2.75, 3.05) is 13.7 Å². The summed E-state index contributed by atoms with van der Waals surface area (Å²) in [6, 6.07) is 5.63. The van der Waals surface area contributed by atoms with Crippen molar-refractivity contribution in [3.63, 3.8) is 0 Å². The number of hydroxylamine groups is 2. The summed E-state index contributed by atoms with van der Waals surface area (Å²) in [5.74, 6) is -1.38. The number of aryl methyl sites for hydroxylation is 1. The van der Waals surface area contributed by atoms with E-state index in [4.69, 9.17) is 4.84 Å². The second kappa shape index (κ2) is 6.52. The van der Waals surface area contributed by atoms with Crippen LogP contribution in [0.1, 0.15) is 42.8 Å². The molecular formula is C16H18F3N3O2. The lowest BCUT2D eigenvalue weighted by Gasteiger charge is -2.33. The summed E-state index contributed by atoms with van der Waals surface area (Å²) in [7, 11) is 1.64. The minimum Gasteiger partial charge on any atom is -0.329 e. The standard InChI is InChI=1S/C16H18F3N3O2/c1-3-22(23-2)13-6-4-5-10-9-11(7-8-12(10)13)14-20-15(24-21-14)16(17,18)19/h7-9,13H,3-6H2,1-2H3. The number of nitrogens with zero attached hydrogens (tertiary/aromatic N) is 3. The van der Waals surface area contributed by atoms with Crippen LogP contribution in [0, 0.1) is 0 Å². The first-order chi connectivity index (χ1) is 11.4. The fraction of sp³-hybridized carbons (Fsp3) is 0.500. The quantitative estimate of drug-likeness (QED) is 0.786. The van der Waals surface area contributed by atoms with E-state index in [1.807, 2.05) is 24.1 Å². The lowest BCUT2D eigenvalue weighted by atomic mass is 9.86. The molecule has 130 valence electrons. The van der Waals surface area contributed by atoms with Crippen molar-refractivity contribution in [3.8, 4) is 11.4 Å². The van der Waals surface area contributed by atoms with Gasteiger partial charge in [0.1, 0.15) is 0 Å². The molecule has 5 nitrogen and oxygen atoms in total. The Bertz CT molecular complexity index is 711. The predicted molar refractivity (Wildman–Crippen MR) is 79.8 cm³/mol. The maximum atomic E-state index is 12.6. The van der Waals surface area contributed by atoms with Gasteiger partial charge in [0.2, 0.25) is 5.82 Å². The van der Waals surface area contributed by atoms with Gasteiger partial charge < -0.3 is 9.36 Å². The summed E-state index contributed by atoms with van der Waals surface area (Å²) >= 11 is 0. The number of halogens is 3. The number of hydrogen-bond acceptors (Lipinski definition) is 5. The maximum absolute atomic E-state index is 12.6. The summed E-state index contributed by atoms with van der Waals surface area (Å²) in [5, 5.41) is 5.36. The van der Waals surface area contributed by atoms with Gasteiger partial charge in [-0.1, -0.05) is 24.2 Å². The van der Waals surface area contributed by atoms with Crippen molar-refractivity contribution in [2.24, 2.45) is 0 Å². The van der Waals surface area contributed by atoms with Crippen LogP contribution >= 0.6 is 0 Å². The molecule has 1 heterocycles. The summed E-state index contributed by atoms with van der Waals surface area (Å²) in [4.78, 5) is 8.87. The van der Waals surface area contributed by atoms with Gasteiger partial charge in [0.25, 0.3) is 0 Å². The zero-order valence-corrected chi connectivity index (χ0v) is 13.4. The molecular weight excluding hydrogens is 323 g/mol. The second-order valence-corrected chi connectivity index (χ2v) is 5.66. The Kier molecular flexibility index (Phi) is 4.60. The van der Waals surface area contributed by atoms with Gasteiger partial charge in [0.05, 0.1) is 13.2 Å². The van der Waals surface area contributed by atoms with Gasteiger partial charge in [-0.05, 0) is 36.5 Å². The Morgan fingerprint density at radius 2 is 2.17 bits per heavy atom. The van der Waals surface area contributed by atoms with Crippen molar-refractivity contribution in [3.05, 3.63) is 35.2 Å². The number of alkyl halides is 3. The molecule has 1 aliphatic carbocycles. The molecule has 0 bridgehead atoms. The minimum absolute atomic E-state index is 0.0497. The molecule has 3 rings (SSSR count). The van der Waals surface area contributed by atoms with Crippen LogP contribution in [0.3, 0.4) is 0 Å². The van der Waals surface area contributed by atoms with E-state index in [0.29, 0.717) is 5.56 Å². The average Bonchev–Trinajstić information content (AvgIpc) is 3.06. The Morgan fingerprint density at radius 1 is 1.38 bits per heavy atom. The minimum atomic E-state index is -4.63. The first-order valence-electron chi connectivity index (χ1n) is 7.79. The molecule has 1 atom stereocenters. The number of benzene rings is 1. The number of hydrogen-bond donors (Lipinski definition) is 0. The maximum Gasteiger partial charge on any atom is 0.471 e. The summed E-state index contributed by atoms with van der Waals surface area (Å²) in [6.07, 6.45) is -1.80. The molecule has 0 saturated heterocycles. The predicted octanol–water partition coefficient (Wildman–Crippen LogP) is 4.02. The van der Waals surface area contributed by atoms with Crippen molar-refractivity contribution in [1.82, 2.24) is 15.2 Å². The smallest absolute Gasteiger partial charge is 0.329 e. The molecule has 0 amide bonds. The van der Waals surface area contributed by atoms with E-state index < -0.39 is 12.1 Å². The molecule has 0 fully saturated rings. The SMILES string of the molecule is CCN(OC)C1CCCc2cc(-c3noc(C(F)(F)F)n3)ccc21. The summed E-state index contributed by atoms with van der Waals surface area (Å²) in [5.41, 5.74) is 2.74. The zero-order chi connectivity index (χ0) is 17.3. The summed E-state index contributed by atoms with van der Waals surface area (Å²) < 4.78 is 42.1. The van der Waals surface area contributed by atoms with Gasteiger partial charge in [-0.25, -0.2) is 0 Å². The lowest BCUT2D eigenvalue weighted by molar-refractivity contribution is -0.163. The number of rotatable bonds is 4. The molecule has 0 N–H and O–H groups in total. The molecule has 1 aromatic carbocycles. The van der Waals surface area contributed by atoms with Crippen LogP contribution in [0.25, 0.3) is 11.4 Å². The van der Waals surface area contributed by atoms with Crippen molar-refractivity contribution >= 4 is 0 Å². The molecule has 0 spiro atoms. The van der Waals surface area contributed by atoms with Crippen LogP contribution in [-0.2, 0) is 17.4 Å². The highest BCUT2D eigenvalue weighted by Crippen LogP contribution is 2.36. The summed E-state index contributed by atoms with van der Waals surface area (Å²) in [6.45, 7) is 2.77. The first-order valence-corrected chi connectivity index (χ1v) is 7.79. The van der Waals surface area contributed by atoms with Gasteiger partial charge in [-0.3, -0.25) is 0 Å². The van der Waals surface area contributed by atoms with Crippen molar-refractivity contribution < 1.29 is 22.5 Å². The highest BCUT2D eigenvalue weighted by Gasteiger charge is 2.38. The van der Waals surface area contributed by atoms with Crippen LogP contribution in [0.4, 0.5) is 13.2 Å². The van der Waals surface area contributed by atoms with Gasteiger partial charge >= 0.3 is 12.1 Å². The molecule has 0 saturated carbocycles. The Morgan fingerprint density at radius 3 is 2.79 bits per heavy atom. The van der Waals surface area contributed by atoms with E-state index in [9.17, 15) is 13.2 Å². The molecule has 8 heteroatoms. The molecule has 0 aliphatic heterocycles. The highest BCUT2D eigenvalue weighted by molar-refractivity contribution is 5.57. The van der Waals surface area contributed by atoms with Crippen LogP contribution in [0.5, 0.6) is 0 Å². The number of aromatic nitrogens is 2. The molecule has 2 aromatic rings. The van der Waals surface area contributed by atoms with E-state index >= 15 is 0 Å². The zero-order valence-electron chi connectivity index (χ0n) is 13.4. The highest BCUT2D eigenvalue weighted by atomic mass is 19.4. The van der Waals surface area contributed by atoms with E-state index in [1.54, 1.807) is 13.2 Å². The Balaban J connectivity index is 1.93. The molecule has 0 radical (unpaired) electrons. The van der Waals surface area contributed by atoms with E-state index in [0.717, 1.165) is 36.9 Å². The van der Waals surface area contributed by atoms with E-state index in [-0.39, 0.29) is 11.9 Å². The first kappa shape index (κ1) is 16.9. The van der Waals surface area contributed by atoms with E-state index in [2.05, 4.69) is 14.7 Å². The molecule has 1 unspecified atom stereocenters. The third kappa shape index (κ3) is 3.16. The monoisotopic (exact) mass is 341 g/mol. The third-order valence-electron chi connectivity index (χ3n) is 4.25. The van der Waals surface area contributed by atoms with Gasteiger partial charge in [-0.2, -0.15) is 23.2 Å². The molecule has 24 heavy (non-hydrogen) atoms. The van der Waals surface area contributed by atoms with Crippen LogP contribution < -0.4 is 0 Å². The van der Waals surface area contributed by atoms with Gasteiger partial charge in [0.15, 0.2) is 0 Å². The van der Waals surface area contributed by atoms with Crippen LogP contribution in [0.2, 0.25) is 0 Å². The average molecular weight is 341 g/mol. The second-order valence-electron chi connectivity index (χ2n) is 5.66. The normalized spacial score (nSPS) is 18.0. The van der Waals surface area contributed by atoms with Gasteiger partial charge in [0, 0.05) is 12.1 Å². The van der Waals surface area contributed by atoms with Crippen molar-refractivity contribution in [1.29, 1.82) is 0 Å². The molecule has 1 aromatic heterocycles. The van der Waals surface area contributed by atoms with Crippen LogP contribution in [-0.4, -0.2) is 28.9 Å². The Hall–Kier alpha value is -1.93. The largest absolute Gasteiger partial charge is 0.471 e. The Labute approximate surface area is 137 Å².